The van der Waals surface area contributed by atoms with Crippen molar-refractivity contribution in [2.75, 3.05) is 18.5 Å². The van der Waals surface area contributed by atoms with Crippen LogP contribution in [0.4, 0.5) is 5.69 Å². The van der Waals surface area contributed by atoms with E-state index < -0.39 is 0 Å². The number of nitrogens with one attached hydrogen (secondary N) is 1. The molecular weight excluding hydrogens is 266 g/mol. The van der Waals surface area contributed by atoms with E-state index in [-0.39, 0.29) is 0 Å². The van der Waals surface area contributed by atoms with Gasteiger partial charge in [-0.25, -0.2) is 9.97 Å². The zero-order chi connectivity index (χ0) is 15.1. The lowest BCUT2D eigenvalue weighted by Gasteiger charge is -2.14. The van der Waals surface area contributed by atoms with E-state index in [0.29, 0.717) is 19.8 Å². The molecule has 1 heterocycles. The van der Waals surface area contributed by atoms with Crippen molar-refractivity contribution in [3.63, 3.8) is 0 Å². The van der Waals surface area contributed by atoms with Gasteiger partial charge >= 0.3 is 0 Å². The summed E-state index contributed by atoms with van der Waals surface area (Å²) in [7, 11) is 0. The number of hydrogen-bond donors (Lipinski definition) is 1. The van der Waals surface area contributed by atoms with Gasteiger partial charge in [-0.1, -0.05) is 0 Å². The highest BCUT2D eigenvalue weighted by Crippen LogP contribution is 2.29. The maximum Gasteiger partial charge on any atom is 0.142 e. The summed E-state index contributed by atoms with van der Waals surface area (Å²) in [6, 6.07) is 7.67. The molecule has 0 radical (unpaired) electrons. The van der Waals surface area contributed by atoms with Gasteiger partial charge in [0.25, 0.3) is 0 Å². The fourth-order valence-corrected chi connectivity index (χ4v) is 1.97. The van der Waals surface area contributed by atoms with E-state index in [1.165, 1.54) is 0 Å². The Labute approximate surface area is 125 Å². The first-order valence-electron chi connectivity index (χ1n) is 7.15. The van der Waals surface area contributed by atoms with Crippen LogP contribution in [0.25, 0.3) is 0 Å². The smallest absolute Gasteiger partial charge is 0.142 e. The molecule has 5 heteroatoms. The maximum absolute atomic E-state index is 5.63. The topological polar surface area (TPSA) is 56.3 Å². The van der Waals surface area contributed by atoms with Crippen LogP contribution in [-0.4, -0.2) is 23.2 Å². The van der Waals surface area contributed by atoms with Crippen molar-refractivity contribution < 1.29 is 9.47 Å². The van der Waals surface area contributed by atoms with Gasteiger partial charge in [0.05, 0.1) is 31.1 Å². The van der Waals surface area contributed by atoms with Gasteiger partial charge in [0, 0.05) is 12.3 Å². The first-order chi connectivity index (χ1) is 10.2. The minimum absolute atomic E-state index is 0.610. The number of benzene rings is 1. The minimum Gasteiger partial charge on any atom is -0.494 e. The summed E-state index contributed by atoms with van der Waals surface area (Å²) in [5, 5.41) is 3.35. The number of hydrogen-bond acceptors (Lipinski definition) is 5. The zero-order valence-electron chi connectivity index (χ0n) is 12.7. The Kier molecular flexibility index (Phi) is 5.37. The van der Waals surface area contributed by atoms with Crippen molar-refractivity contribution in [2.45, 2.75) is 27.3 Å². The van der Waals surface area contributed by atoms with Gasteiger partial charge in [-0.3, -0.25) is 0 Å². The molecule has 0 amide bonds. The Hall–Kier alpha value is -2.30. The van der Waals surface area contributed by atoms with Crippen LogP contribution in [0, 0.1) is 6.92 Å². The lowest BCUT2D eigenvalue weighted by Crippen LogP contribution is -2.05. The maximum atomic E-state index is 5.63. The van der Waals surface area contributed by atoms with Gasteiger partial charge in [0.2, 0.25) is 0 Å². The number of ether oxygens (including phenoxy) is 2. The summed E-state index contributed by atoms with van der Waals surface area (Å²) in [4.78, 5) is 8.47. The van der Waals surface area contributed by atoms with Crippen LogP contribution in [0.5, 0.6) is 11.5 Å². The van der Waals surface area contributed by atoms with E-state index in [9.17, 15) is 0 Å². The molecule has 0 aliphatic heterocycles. The molecule has 0 bridgehead atoms. The SMILES string of the molecule is CCOc1ccc(OCC)c(NCc2ccnc(C)n2)c1. The second-order valence-electron chi connectivity index (χ2n) is 4.47. The Bertz CT molecular complexity index is 587. The van der Waals surface area contributed by atoms with E-state index in [0.717, 1.165) is 28.7 Å². The predicted octanol–water partition coefficient (Wildman–Crippen LogP) is 3.19. The Balaban J connectivity index is 2.14. The summed E-state index contributed by atoms with van der Waals surface area (Å²) in [6.45, 7) is 7.68. The van der Waals surface area contributed by atoms with Crippen LogP contribution in [0.3, 0.4) is 0 Å². The number of nitrogens with zero attached hydrogens (tertiary/aromatic N) is 2. The lowest BCUT2D eigenvalue weighted by molar-refractivity contribution is 0.332. The van der Waals surface area contributed by atoms with Gasteiger partial charge in [-0.2, -0.15) is 0 Å². The average molecular weight is 287 g/mol. The third kappa shape index (κ3) is 4.34. The summed E-state index contributed by atoms with van der Waals surface area (Å²) in [6.07, 6.45) is 1.76. The normalized spacial score (nSPS) is 10.2. The fourth-order valence-electron chi connectivity index (χ4n) is 1.97. The van der Waals surface area contributed by atoms with Crippen molar-refractivity contribution >= 4 is 5.69 Å². The highest BCUT2D eigenvalue weighted by molar-refractivity contribution is 5.59. The first kappa shape index (κ1) is 15.1. The summed E-state index contributed by atoms with van der Waals surface area (Å²) in [5.41, 5.74) is 1.84. The van der Waals surface area contributed by atoms with Crippen LogP contribution in [-0.2, 0) is 6.54 Å². The number of aromatic nitrogens is 2. The molecule has 0 saturated carbocycles. The van der Waals surface area contributed by atoms with E-state index in [2.05, 4.69) is 15.3 Å². The van der Waals surface area contributed by atoms with Gasteiger partial charge < -0.3 is 14.8 Å². The quantitative estimate of drug-likeness (QED) is 0.847. The largest absolute Gasteiger partial charge is 0.494 e. The van der Waals surface area contributed by atoms with Crippen molar-refractivity contribution in [2.24, 2.45) is 0 Å². The first-order valence-corrected chi connectivity index (χ1v) is 7.15. The van der Waals surface area contributed by atoms with E-state index in [1.807, 2.05) is 45.0 Å². The molecule has 2 aromatic rings. The Morgan fingerprint density at radius 3 is 2.62 bits per heavy atom. The van der Waals surface area contributed by atoms with Gasteiger partial charge in [0.15, 0.2) is 0 Å². The molecule has 1 N–H and O–H groups in total. The molecule has 2 rings (SSSR count). The average Bonchev–Trinajstić information content (AvgIpc) is 2.48. The summed E-state index contributed by atoms with van der Waals surface area (Å²) < 4.78 is 11.2. The molecule has 0 unspecified atom stereocenters. The van der Waals surface area contributed by atoms with Crippen LogP contribution in [0.2, 0.25) is 0 Å². The van der Waals surface area contributed by atoms with Gasteiger partial charge in [-0.05, 0) is 39.0 Å². The lowest BCUT2D eigenvalue weighted by atomic mass is 10.2. The highest BCUT2D eigenvalue weighted by atomic mass is 16.5. The van der Waals surface area contributed by atoms with Crippen LogP contribution >= 0.6 is 0 Å². The molecule has 0 saturated heterocycles. The minimum atomic E-state index is 0.610. The monoisotopic (exact) mass is 287 g/mol. The van der Waals surface area contributed by atoms with Crippen LogP contribution < -0.4 is 14.8 Å². The van der Waals surface area contributed by atoms with Crippen LogP contribution in [0.15, 0.2) is 30.5 Å². The molecule has 0 aliphatic carbocycles. The number of anilines is 1. The van der Waals surface area contributed by atoms with Crippen molar-refractivity contribution in [1.82, 2.24) is 9.97 Å². The van der Waals surface area contributed by atoms with Crippen molar-refractivity contribution in [1.29, 1.82) is 0 Å². The van der Waals surface area contributed by atoms with Crippen molar-refractivity contribution in [3.05, 3.63) is 42.0 Å². The molecule has 5 nitrogen and oxygen atoms in total. The zero-order valence-corrected chi connectivity index (χ0v) is 12.7. The van der Waals surface area contributed by atoms with E-state index >= 15 is 0 Å². The van der Waals surface area contributed by atoms with Crippen LogP contribution in [0.1, 0.15) is 25.4 Å². The van der Waals surface area contributed by atoms with Crippen molar-refractivity contribution in [3.8, 4) is 11.5 Å². The number of aryl methyl sites for hydroxylation is 1. The fraction of sp³-hybridized carbons (Fsp3) is 0.375. The summed E-state index contributed by atoms with van der Waals surface area (Å²) in [5.74, 6) is 2.40. The highest BCUT2D eigenvalue weighted by Gasteiger charge is 2.06. The Morgan fingerprint density at radius 2 is 1.90 bits per heavy atom. The molecule has 21 heavy (non-hydrogen) atoms. The predicted molar refractivity (Wildman–Crippen MR) is 82.9 cm³/mol. The summed E-state index contributed by atoms with van der Waals surface area (Å²) >= 11 is 0. The second-order valence-corrected chi connectivity index (χ2v) is 4.47. The number of rotatable bonds is 7. The molecule has 112 valence electrons. The molecular formula is C16H21N3O2. The molecule has 1 aromatic carbocycles. The van der Waals surface area contributed by atoms with E-state index in [4.69, 9.17) is 9.47 Å². The molecule has 0 aliphatic rings. The Morgan fingerprint density at radius 1 is 1.10 bits per heavy atom. The molecule has 0 fully saturated rings. The third-order valence-corrected chi connectivity index (χ3v) is 2.86. The van der Waals surface area contributed by atoms with E-state index in [1.54, 1.807) is 6.20 Å². The van der Waals surface area contributed by atoms with Gasteiger partial charge in [0.1, 0.15) is 17.3 Å². The molecule has 0 atom stereocenters. The standard InChI is InChI=1S/C16H21N3O2/c1-4-20-14-6-7-16(21-5-2)15(10-14)18-11-13-8-9-17-12(3)19-13/h6-10,18H,4-5,11H2,1-3H3. The molecule has 1 aromatic heterocycles. The molecule has 0 spiro atoms. The third-order valence-electron chi connectivity index (χ3n) is 2.86. The van der Waals surface area contributed by atoms with Gasteiger partial charge in [-0.15, -0.1) is 0 Å². The second kappa shape index (κ2) is 7.47.